The quantitative estimate of drug-likeness (QED) is 0.610. The van der Waals surface area contributed by atoms with Crippen molar-refractivity contribution in [1.82, 2.24) is 0 Å². The van der Waals surface area contributed by atoms with Gasteiger partial charge in [-0.3, -0.25) is 0 Å². The first-order chi connectivity index (χ1) is 3.50. The summed E-state index contributed by atoms with van der Waals surface area (Å²) >= 11 is 5.52. The Morgan fingerprint density at radius 1 is 1.75 bits per heavy atom. The van der Waals surface area contributed by atoms with E-state index in [1.54, 1.807) is 0 Å². The Labute approximate surface area is 55.0 Å². The molecule has 0 bridgehead atoms. The zero-order valence-electron chi connectivity index (χ0n) is 5.24. The van der Waals surface area contributed by atoms with Crippen molar-refractivity contribution in [2.45, 2.75) is 13.8 Å². The lowest BCUT2D eigenvalue weighted by atomic mass is 9.95. The second-order valence-electron chi connectivity index (χ2n) is 2.45. The average Bonchev–Trinajstić information content (AvgIpc) is 1.67. The molecule has 0 saturated heterocycles. The largest absolute Gasteiger partial charge is 0.395 e. The molecule has 0 rings (SSSR count). The molecule has 1 nitrogen and oxygen atoms in total. The van der Waals surface area contributed by atoms with Gasteiger partial charge in [0.1, 0.15) is 0 Å². The first-order valence-electron chi connectivity index (χ1n) is 2.46. The van der Waals surface area contributed by atoms with Gasteiger partial charge in [0, 0.05) is 10.4 Å². The van der Waals surface area contributed by atoms with Gasteiger partial charge in [-0.1, -0.05) is 32.0 Å². The van der Waals surface area contributed by atoms with Crippen molar-refractivity contribution in [3.8, 4) is 0 Å². The van der Waals surface area contributed by atoms with Crippen LogP contribution in [0.3, 0.4) is 0 Å². The van der Waals surface area contributed by atoms with Crippen molar-refractivity contribution < 1.29 is 5.11 Å². The maximum absolute atomic E-state index is 8.62. The van der Waals surface area contributed by atoms with Crippen LogP contribution in [0.2, 0.25) is 0 Å². The first kappa shape index (κ1) is 7.99. The molecule has 0 spiro atoms. The van der Waals surface area contributed by atoms with Crippen molar-refractivity contribution in [2.75, 3.05) is 6.61 Å². The molecule has 0 radical (unpaired) electrons. The van der Waals surface area contributed by atoms with Crippen molar-refractivity contribution in [3.05, 3.63) is 11.6 Å². The number of aliphatic hydroxyl groups is 1. The molecule has 0 aromatic carbocycles. The molecule has 1 N–H and O–H groups in total. The van der Waals surface area contributed by atoms with E-state index in [0.29, 0.717) is 5.03 Å². The van der Waals surface area contributed by atoms with E-state index in [0.717, 1.165) is 0 Å². The molecule has 0 aliphatic heterocycles. The number of aliphatic hydroxyl groups excluding tert-OH is 1. The Kier molecular flexibility index (Phi) is 2.51. The molecule has 48 valence electrons. The molecule has 0 aliphatic carbocycles. The molecule has 0 aromatic rings. The Bertz CT molecular complexity index is 96.7. The SMILES string of the molecule is C=C(Cl)C(C)(C)CO. The summed E-state index contributed by atoms with van der Waals surface area (Å²) in [6.07, 6.45) is 0. The van der Waals surface area contributed by atoms with Crippen LogP contribution in [0.15, 0.2) is 11.6 Å². The predicted molar refractivity (Wildman–Crippen MR) is 35.9 cm³/mol. The van der Waals surface area contributed by atoms with Gasteiger partial charge in [-0.15, -0.1) is 0 Å². The van der Waals surface area contributed by atoms with Gasteiger partial charge in [-0.25, -0.2) is 0 Å². The van der Waals surface area contributed by atoms with Crippen LogP contribution in [0.1, 0.15) is 13.8 Å². The van der Waals surface area contributed by atoms with Crippen LogP contribution in [0, 0.1) is 5.41 Å². The van der Waals surface area contributed by atoms with Gasteiger partial charge in [0.2, 0.25) is 0 Å². The maximum atomic E-state index is 8.62. The minimum Gasteiger partial charge on any atom is -0.395 e. The molecule has 2 heteroatoms. The molecular formula is C6H11ClO. The summed E-state index contributed by atoms with van der Waals surface area (Å²) in [5, 5.41) is 9.12. The summed E-state index contributed by atoms with van der Waals surface area (Å²) in [6.45, 7) is 7.23. The van der Waals surface area contributed by atoms with Crippen LogP contribution in [0.5, 0.6) is 0 Å². The summed E-state index contributed by atoms with van der Waals surface area (Å²) in [5.41, 5.74) is -0.332. The van der Waals surface area contributed by atoms with Crippen molar-refractivity contribution in [2.24, 2.45) is 5.41 Å². The minimum atomic E-state index is -0.332. The topological polar surface area (TPSA) is 20.2 Å². The fourth-order valence-electron chi connectivity index (χ4n) is 0.0858. The van der Waals surface area contributed by atoms with E-state index >= 15 is 0 Å². The minimum absolute atomic E-state index is 0.0509. The van der Waals surface area contributed by atoms with E-state index in [4.69, 9.17) is 16.7 Å². The zero-order chi connectivity index (χ0) is 6.78. The highest BCUT2D eigenvalue weighted by atomic mass is 35.5. The lowest BCUT2D eigenvalue weighted by molar-refractivity contribution is 0.196. The highest BCUT2D eigenvalue weighted by molar-refractivity contribution is 6.29. The van der Waals surface area contributed by atoms with E-state index in [1.807, 2.05) is 13.8 Å². The average molecular weight is 135 g/mol. The first-order valence-corrected chi connectivity index (χ1v) is 2.84. The molecule has 0 aromatic heterocycles. The smallest absolute Gasteiger partial charge is 0.0531 e. The number of rotatable bonds is 2. The molecule has 0 heterocycles. The lowest BCUT2D eigenvalue weighted by Gasteiger charge is -2.18. The predicted octanol–water partition coefficient (Wildman–Crippen LogP) is 1.76. The molecule has 0 aliphatic rings. The van der Waals surface area contributed by atoms with Gasteiger partial charge in [0.15, 0.2) is 0 Å². The fourth-order valence-corrected chi connectivity index (χ4v) is 0.146. The molecular weight excluding hydrogens is 124 g/mol. The van der Waals surface area contributed by atoms with Gasteiger partial charge in [-0.05, 0) is 0 Å². The molecule has 0 fully saturated rings. The van der Waals surface area contributed by atoms with Crippen LogP contribution in [0.4, 0.5) is 0 Å². The Morgan fingerprint density at radius 2 is 2.12 bits per heavy atom. The highest BCUT2D eigenvalue weighted by Crippen LogP contribution is 2.26. The fraction of sp³-hybridized carbons (Fsp3) is 0.667. The normalized spacial score (nSPS) is 11.5. The van der Waals surface area contributed by atoms with Gasteiger partial charge < -0.3 is 5.11 Å². The van der Waals surface area contributed by atoms with Crippen molar-refractivity contribution >= 4 is 11.6 Å². The second kappa shape index (κ2) is 2.51. The van der Waals surface area contributed by atoms with Crippen LogP contribution >= 0.6 is 11.6 Å². The standard InChI is InChI=1S/C6H11ClO/c1-5(7)6(2,3)4-8/h8H,1,4H2,2-3H3. The third kappa shape index (κ3) is 1.85. The summed E-state index contributed by atoms with van der Waals surface area (Å²) in [5.74, 6) is 0. The second-order valence-corrected chi connectivity index (χ2v) is 2.90. The maximum Gasteiger partial charge on any atom is 0.0531 e. The monoisotopic (exact) mass is 134 g/mol. The lowest BCUT2D eigenvalue weighted by Crippen LogP contribution is -2.15. The molecule has 8 heavy (non-hydrogen) atoms. The number of hydrogen-bond donors (Lipinski definition) is 1. The summed E-state index contributed by atoms with van der Waals surface area (Å²) in [7, 11) is 0. The summed E-state index contributed by atoms with van der Waals surface area (Å²) in [6, 6.07) is 0. The van der Waals surface area contributed by atoms with Gasteiger partial charge >= 0.3 is 0 Å². The summed E-state index contributed by atoms with van der Waals surface area (Å²) < 4.78 is 0. The Hall–Kier alpha value is -0.0100. The number of hydrogen-bond acceptors (Lipinski definition) is 1. The van der Waals surface area contributed by atoms with Crippen LogP contribution < -0.4 is 0 Å². The number of halogens is 1. The highest BCUT2D eigenvalue weighted by Gasteiger charge is 2.17. The van der Waals surface area contributed by atoms with Gasteiger partial charge in [0.25, 0.3) is 0 Å². The van der Waals surface area contributed by atoms with Crippen LogP contribution in [0.25, 0.3) is 0 Å². The third-order valence-electron chi connectivity index (χ3n) is 1.13. The molecule has 0 unspecified atom stereocenters. The van der Waals surface area contributed by atoms with E-state index in [2.05, 4.69) is 6.58 Å². The third-order valence-corrected chi connectivity index (χ3v) is 1.64. The van der Waals surface area contributed by atoms with E-state index in [1.165, 1.54) is 0 Å². The Balaban J connectivity index is 3.91. The molecule has 0 amide bonds. The van der Waals surface area contributed by atoms with Crippen LogP contribution in [-0.2, 0) is 0 Å². The molecule has 0 atom stereocenters. The van der Waals surface area contributed by atoms with Gasteiger partial charge in [0.05, 0.1) is 6.61 Å². The zero-order valence-corrected chi connectivity index (χ0v) is 6.00. The van der Waals surface area contributed by atoms with E-state index < -0.39 is 0 Å². The van der Waals surface area contributed by atoms with E-state index in [-0.39, 0.29) is 12.0 Å². The Morgan fingerprint density at radius 3 is 2.12 bits per heavy atom. The molecule has 0 saturated carbocycles. The van der Waals surface area contributed by atoms with Crippen LogP contribution in [-0.4, -0.2) is 11.7 Å². The summed E-state index contributed by atoms with van der Waals surface area (Å²) in [4.78, 5) is 0. The van der Waals surface area contributed by atoms with Crippen molar-refractivity contribution in [1.29, 1.82) is 0 Å². The van der Waals surface area contributed by atoms with Gasteiger partial charge in [-0.2, -0.15) is 0 Å². The van der Waals surface area contributed by atoms with Crippen molar-refractivity contribution in [3.63, 3.8) is 0 Å². The van der Waals surface area contributed by atoms with E-state index in [9.17, 15) is 0 Å².